The van der Waals surface area contributed by atoms with Crippen molar-refractivity contribution in [2.45, 2.75) is 117 Å². The number of carboxylic acid groups (broad SMARTS) is 5. The van der Waals surface area contributed by atoms with E-state index in [2.05, 4.69) is 189 Å². The molecule has 0 aromatic heterocycles. The first-order chi connectivity index (χ1) is 48.1. The van der Waals surface area contributed by atoms with E-state index in [1.54, 1.807) is 0 Å². The highest BCUT2D eigenvalue weighted by atomic mass is 16.4. The van der Waals surface area contributed by atoms with Gasteiger partial charge in [0.15, 0.2) is 0 Å². The van der Waals surface area contributed by atoms with Gasteiger partial charge in [-0.25, -0.2) is 0 Å². The number of aliphatic carboxylic acids is 5. The Hall–Kier alpha value is -11.0. The maximum atomic E-state index is 12.5. The second-order valence-electron chi connectivity index (χ2n) is 29.8. The Bertz CT molecular complexity index is 5320. The summed E-state index contributed by atoms with van der Waals surface area (Å²) in [5.74, 6) is -4.28. The maximum Gasteiger partial charge on any atom is 0.303 e. The minimum atomic E-state index is -1.01. The van der Waals surface area contributed by atoms with Crippen LogP contribution in [0.1, 0.15) is 170 Å². The summed E-state index contributed by atoms with van der Waals surface area (Å²) in [4.78, 5) is 62.2. The quantitative estimate of drug-likeness (QED) is 0.0413. The molecule has 5 N–H and O–H groups in total. The van der Waals surface area contributed by atoms with Gasteiger partial charge in [0.05, 0.1) is 27.1 Å². The number of hydrogen-bond donors (Lipinski definition) is 5. The van der Waals surface area contributed by atoms with Crippen molar-refractivity contribution in [1.82, 2.24) is 0 Å². The van der Waals surface area contributed by atoms with E-state index in [4.69, 9.17) is 0 Å². The van der Waals surface area contributed by atoms with Crippen molar-refractivity contribution in [2.24, 2.45) is 5.41 Å². The average molecular weight is 1290 g/mol. The number of carboxylic acids is 5. The van der Waals surface area contributed by atoms with Gasteiger partial charge in [-0.05, 0) is 228 Å². The molecular formula is C89H64O10. The molecule has 480 valence electrons. The second kappa shape index (κ2) is 18.8. The molecule has 0 saturated heterocycles. The van der Waals surface area contributed by atoms with Gasteiger partial charge in [-0.1, -0.05) is 202 Å². The molecule has 10 heteroatoms. The van der Waals surface area contributed by atoms with Crippen molar-refractivity contribution in [1.29, 1.82) is 0 Å². The molecule has 2 unspecified atom stereocenters. The first kappa shape index (κ1) is 57.1. The van der Waals surface area contributed by atoms with Crippen LogP contribution in [0.4, 0.5) is 0 Å². The molecule has 0 aliphatic heterocycles. The van der Waals surface area contributed by atoms with Gasteiger partial charge in [-0.3, -0.25) is 24.0 Å². The number of benzene rings is 10. The molecule has 21 rings (SSSR count). The third-order valence-corrected chi connectivity index (χ3v) is 25.9. The number of unbranched alkanes of at least 4 members (excludes halogenated alkanes) is 1. The van der Waals surface area contributed by atoms with Crippen LogP contribution in [0.2, 0.25) is 0 Å². The van der Waals surface area contributed by atoms with Crippen LogP contribution >= 0.6 is 0 Å². The van der Waals surface area contributed by atoms with E-state index >= 15 is 0 Å². The summed E-state index contributed by atoms with van der Waals surface area (Å²) in [7, 11) is 0. The zero-order valence-electron chi connectivity index (χ0n) is 54.3. The Labute approximate surface area is 570 Å². The van der Waals surface area contributed by atoms with E-state index in [9.17, 15) is 49.5 Å². The summed E-state index contributed by atoms with van der Waals surface area (Å²) in [5, 5.41) is 51.0. The first-order valence-electron chi connectivity index (χ1n) is 35.1. The number of aryl methyl sites for hydroxylation is 5. The second-order valence-corrected chi connectivity index (χ2v) is 29.8. The van der Waals surface area contributed by atoms with Gasteiger partial charge in [-0.2, -0.15) is 0 Å². The zero-order valence-corrected chi connectivity index (χ0v) is 54.3. The SMILES string of the molecule is CCCCC12C3=C4C5=C1[C@@]1(c6ccc(CCC(=O)O)cc6)c6c7ccc8c6C2(c2ccc(CCC(=O)O)cc2)c2c-8ccc6c2[C@]3(c2ccc(CCC(=O)O)cc2)c2c-6ccc3c2[C@]4(c2ccc(CCC(=O)O)cc2)c2c-3ccc3c2[C@]5(c2ccc(CCC(=O)O)cc2)c2c-3ccc-7c21. The first-order valence-corrected chi connectivity index (χ1v) is 35.1. The highest BCUT2D eigenvalue weighted by molar-refractivity contribution is 6.15. The fourth-order valence-corrected chi connectivity index (χ4v) is 23.2. The lowest BCUT2D eigenvalue weighted by Gasteiger charge is -2.67. The third-order valence-electron chi connectivity index (χ3n) is 25.9. The van der Waals surface area contributed by atoms with Crippen LogP contribution in [0.5, 0.6) is 0 Å². The topological polar surface area (TPSA) is 186 Å². The predicted molar refractivity (Wildman–Crippen MR) is 375 cm³/mol. The van der Waals surface area contributed by atoms with Gasteiger partial charge in [0, 0.05) is 37.5 Å². The molecule has 0 spiro atoms. The number of carbonyl (C=O) groups is 5. The maximum absolute atomic E-state index is 12.5. The van der Waals surface area contributed by atoms with Crippen molar-refractivity contribution < 1.29 is 49.5 Å². The van der Waals surface area contributed by atoms with E-state index in [1.165, 1.54) is 134 Å². The van der Waals surface area contributed by atoms with E-state index < -0.39 is 62.3 Å². The Morgan fingerprint density at radius 1 is 0.273 bits per heavy atom. The van der Waals surface area contributed by atoms with Gasteiger partial charge in [0.25, 0.3) is 0 Å². The molecule has 0 fully saturated rings. The molecule has 0 heterocycles. The lowest BCUT2D eigenvalue weighted by molar-refractivity contribution is -0.138. The highest BCUT2D eigenvalue weighted by Gasteiger charge is 2.86. The van der Waals surface area contributed by atoms with Crippen molar-refractivity contribution in [3.63, 3.8) is 0 Å². The van der Waals surface area contributed by atoms with Crippen molar-refractivity contribution >= 4 is 29.8 Å². The number of fused-ring (bicyclic) bond motifs is 5. The highest BCUT2D eigenvalue weighted by Crippen LogP contribution is 2.93. The fraction of sp³-hybridized carbons (Fsp3) is 0.225. The Kier molecular flexibility index (Phi) is 10.9. The minimum Gasteiger partial charge on any atom is -0.481 e. The number of hydrogen-bond acceptors (Lipinski definition) is 5. The van der Waals surface area contributed by atoms with Gasteiger partial charge in [0.2, 0.25) is 0 Å². The Morgan fingerprint density at radius 3 is 0.727 bits per heavy atom. The lowest BCUT2D eigenvalue weighted by atomic mass is 9.33. The van der Waals surface area contributed by atoms with E-state index in [0.717, 1.165) is 68.5 Å². The molecular weight excluding hydrogens is 1230 g/mol. The molecule has 99 heavy (non-hydrogen) atoms. The van der Waals surface area contributed by atoms with Crippen LogP contribution < -0.4 is 0 Å². The van der Waals surface area contributed by atoms with Gasteiger partial charge < -0.3 is 25.5 Å². The van der Waals surface area contributed by atoms with E-state index in [0.29, 0.717) is 38.5 Å². The summed E-state index contributed by atoms with van der Waals surface area (Å²) in [6, 6.07) is 69.6. The lowest BCUT2D eigenvalue weighted by Crippen LogP contribution is -2.63. The Balaban J connectivity index is 1.05. The van der Waals surface area contributed by atoms with Crippen LogP contribution in [-0.4, -0.2) is 55.4 Å². The largest absolute Gasteiger partial charge is 0.481 e. The molecule has 10 aromatic carbocycles. The molecule has 0 bridgehead atoms. The average Bonchev–Trinajstić information content (AvgIpc) is 1.39. The monoisotopic (exact) mass is 1290 g/mol. The molecule has 0 saturated carbocycles. The molecule has 0 amide bonds. The smallest absolute Gasteiger partial charge is 0.303 e. The van der Waals surface area contributed by atoms with Crippen LogP contribution in [0.3, 0.4) is 0 Å². The number of allylic oxidation sites excluding steroid dienone is 4. The van der Waals surface area contributed by atoms with E-state index in [1.807, 2.05) is 0 Å². The summed E-state index contributed by atoms with van der Waals surface area (Å²) in [5.41, 5.74) is 34.0. The van der Waals surface area contributed by atoms with Crippen LogP contribution in [0, 0.1) is 5.41 Å². The van der Waals surface area contributed by atoms with Gasteiger partial charge in [0.1, 0.15) is 0 Å². The zero-order chi connectivity index (χ0) is 66.9. The van der Waals surface area contributed by atoms with Crippen LogP contribution in [0.15, 0.2) is 204 Å². The van der Waals surface area contributed by atoms with Crippen molar-refractivity contribution in [3.8, 4) is 55.6 Å². The molecule has 11 aliphatic carbocycles. The normalized spacial score (nSPS) is 23.7. The summed E-state index contributed by atoms with van der Waals surface area (Å²) >= 11 is 0. The van der Waals surface area contributed by atoms with Crippen molar-refractivity contribution in [2.75, 3.05) is 0 Å². The summed E-state index contributed by atoms with van der Waals surface area (Å²) in [6.45, 7) is 2.32. The fourth-order valence-electron chi connectivity index (χ4n) is 23.2. The van der Waals surface area contributed by atoms with E-state index in [-0.39, 0.29) is 32.1 Å². The van der Waals surface area contributed by atoms with Crippen molar-refractivity contribution in [3.05, 3.63) is 316 Å². The molecule has 11 aliphatic rings. The molecule has 10 aromatic rings. The van der Waals surface area contributed by atoms with Crippen LogP contribution in [-0.2, 0) is 83.2 Å². The Morgan fingerprint density at radius 2 is 0.485 bits per heavy atom. The summed E-state index contributed by atoms with van der Waals surface area (Å²) in [6.07, 6.45) is 4.14. The predicted octanol–water partition coefficient (Wildman–Crippen LogP) is 16.5. The van der Waals surface area contributed by atoms with Gasteiger partial charge in [-0.15, -0.1) is 0 Å². The standard InChI is InChI=1S/C89H64O10/c1-2-3-44-84-82-80-81-83(84)88(53-25-10-48(11-26-53)17-42-68(96)97)75-60-34-32-58-56-30-29-55-57-31-33-59-61-35-37-63-64-38-36-62(60)77(88)79(64)89(84,54-27-12-49(13-28-54)18-43-69(98)99)78(63)76(61)87(82,52-23-8-47(9-24-52)16-41-67(94)95)74(59)72(57)85(80,50-19-4-45(5-20-50)14-39-65(90)91)70(55)71(56)86(81,73(58)75)51-21-6-46(7-22-51)15-40-66(92)93/h4-13,19-38H,2-3,14-18,39-44H2,1H3,(H,90,91)(H,92,93)(H,94,95)(H,96,97)(H,98,99)/t84?,85-,86+,87-,88+,89?. The van der Waals surface area contributed by atoms with Crippen LogP contribution in [0.25, 0.3) is 55.6 Å². The van der Waals surface area contributed by atoms with Gasteiger partial charge >= 0.3 is 29.8 Å². The molecule has 10 nitrogen and oxygen atoms in total. The molecule has 6 atom stereocenters. The summed E-state index contributed by atoms with van der Waals surface area (Å²) < 4.78 is 0. The minimum absolute atomic E-state index is 0.0136. The third kappa shape index (κ3) is 6.11. The number of rotatable bonds is 23. The molecule has 0 radical (unpaired) electrons.